The Labute approximate surface area is 168 Å². The molecule has 0 atom stereocenters. The molecule has 3 aromatic rings. The van der Waals surface area contributed by atoms with E-state index in [9.17, 15) is 17.8 Å². The minimum Gasteiger partial charge on any atom is -0.748 e. The van der Waals surface area contributed by atoms with Crippen molar-refractivity contribution in [1.29, 1.82) is 0 Å². The minimum absolute atomic E-state index is 0.0297. The molecular formula is C20H23NO5S2. The average molecular weight is 422 g/mol. The molecule has 0 fully saturated rings. The first kappa shape index (κ1) is 20.7. The maximum atomic E-state index is 12.6. The molecule has 0 saturated carbocycles. The lowest BCUT2D eigenvalue weighted by molar-refractivity contribution is -0.890. The van der Waals surface area contributed by atoms with Gasteiger partial charge in [0, 0.05) is 32.3 Å². The van der Waals surface area contributed by atoms with E-state index in [1.54, 1.807) is 23.5 Å². The molecule has 0 aliphatic rings. The molecule has 0 radical (unpaired) electrons. The van der Waals surface area contributed by atoms with Crippen molar-refractivity contribution in [2.75, 3.05) is 39.5 Å². The third-order valence-electron chi connectivity index (χ3n) is 4.67. The Kier molecular flexibility index (Phi) is 6.04. The minimum atomic E-state index is -4.17. The molecule has 0 unspecified atom stereocenters. The summed E-state index contributed by atoms with van der Waals surface area (Å²) in [6.45, 7) is 1.70. The van der Waals surface area contributed by atoms with E-state index in [2.05, 4.69) is 0 Å². The predicted octanol–water partition coefficient (Wildman–Crippen LogP) is 2.81. The zero-order chi connectivity index (χ0) is 20.4. The maximum Gasteiger partial charge on any atom is 0.195 e. The van der Waals surface area contributed by atoms with Gasteiger partial charge in [0.15, 0.2) is 5.43 Å². The molecule has 150 valence electrons. The molecule has 3 rings (SSSR count). The van der Waals surface area contributed by atoms with Crippen molar-refractivity contribution in [3.8, 4) is 5.75 Å². The van der Waals surface area contributed by atoms with Crippen LogP contribution in [0.5, 0.6) is 5.75 Å². The van der Waals surface area contributed by atoms with Gasteiger partial charge < -0.3 is 13.8 Å². The van der Waals surface area contributed by atoms with Crippen LogP contribution in [0.25, 0.3) is 20.2 Å². The van der Waals surface area contributed by atoms with E-state index in [0.717, 1.165) is 14.8 Å². The fourth-order valence-electron chi connectivity index (χ4n) is 3.06. The number of quaternary nitrogens is 1. The molecule has 28 heavy (non-hydrogen) atoms. The fourth-order valence-corrected chi connectivity index (χ4v) is 4.65. The van der Waals surface area contributed by atoms with Gasteiger partial charge in [0.05, 0.1) is 30.8 Å². The van der Waals surface area contributed by atoms with Gasteiger partial charge in [0.2, 0.25) is 0 Å². The summed E-state index contributed by atoms with van der Waals surface area (Å²) in [7, 11) is -0.223. The fraction of sp³-hybridized carbons (Fsp3) is 0.350. The van der Waals surface area contributed by atoms with E-state index < -0.39 is 10.1 Å². The van der Waals surface area contributed by atoms with Crippen LogP contribution in [0.15, 0.2) is 47.3 Å². The lowest BCUT2D eigenvalue weighted by Crippen LogP contribution is -2.44. The van der Waals surface area contributed by atoms with Crippen LogP contribution in [0.2, 0.25) is 0 Å². The second-order valence-corrected chi connectivity index (χ2v) is 10.0. The van der Waals surface area contributed by atoms with Crippen LogP contribution in [-0.2, 0) is 10.1 Å². The van der Waals surface area contributed by atoms with Crippen molar-refractivity contribution in [2.45, 2.75) is 6.42 Å². The van der Waals surface area contributed by atoms with E-state index in [0.29, 0.717) is 41.7 Å². The second kappa shape index (κ2) is 8.16. The van der Waals surface area contributed by atoms with Crippen LogP contribution in [0.4, 0.5) is 0 Å². The number of benzene rings is 2. The van der Waals surface area contributed by atoms with E-state index in [1.165, 1.54) is 0 Å². The van der Waals surface area contributed by atoms with Gasteiger partial charge in [-0.25, -0.2) is 8.42 Å². The zero-order valence-electron chi connectivity index (χ0n) is 15.9. The zero-order valence-corrected chi connectivity index (χ0v) is 17.5. The normalized spacial score (nSPS) is 12.5. The summed E-state index contributed by atoms with van der Waals surface area (Å²) in [4.78, 5) is 12.6. The summed E-state index contributed by atoms with van der Waals surface area (Å²) in [5, 5.41) is 1.42. The highest BCUT2D eigenvalue weighted by atomic mass is 32.2. The van der Waals surface area contributed by atoms with Gasteiger partial charge in [0.25, 0.3) is 0 Å². The summed E-state index contributed by atoms with van der Waals surface area (Å²) in [5.74, 6) is 0.355. The van der Waals surface area contributed by atoms with Gasteiger partial charge >= 0.3 is 0 Å². The predicted molar refractivity (Wildman–Crippen MR) is 112 cm³/mol. The topological polar surface area (TPSA) is 83.5 Å². The van der Waals surface area contributed by atoms with Crippen LogP contribution in [0.3, 0.4) is 0 Å². The number of rotatable bonds is 8. The summed E-state index contributed by atoms with van der Waals surface area (Å²) in [6, 6.07) is 13.1. The first-order valence-corrected chi connectivity index (χ1v) is 11.4. The highest BCUT2D eigenvalue weighted by Crippen LogP contribution is 2.27. The van der Waals surface area contributed by atoms with Crippen molar-refractivity contribution in [3.05, 3.63) is 52.7 Å². The van der Waals surface area contributed by atoms with Gasteiger partial charge in [-0.3, -0.25) is 4.79 Å². The Bertz CT molecular complexity index is 1150. The number of hydrogen-bond donors (Lipinski definition) is 0. The Hall–Kier alpha value is -2.00. The van der Waals surface area contributed by atoms with Crippen LogP contribution in [0, 0.1) is 0 Å². The summed E-state index contributed by atoms with van der Waals surface area (Å²) in [5.41, 5.74) is 0.0297. The van der Waals surface area contributed by atoms with Crippen LogP contribution < -0.4 is 10.2 Å². The van der Waals surface area contributed by atoms with Gasteiger partial charge in [-0.2, -0.15) is 0 Å². The van der Waals surface area contributed by atoms with E-state index in [-0.39, 0.29) is 11.2 Å². The highest BCUT2D eigenvalue weighted by Gasteiger charge is 2.15. The van der Waals surface area contributed by atoms with Crippen molar-refractivity contribution in [1.82, 2.24) is 0 Å². The van der Waals surface area contributed by atoms with Crippen molar-refractivity contribution in [3.63, 3.8) is 0 Å². The molecule has 0 bridgehead atoms. The van der Waals surface area contributed by atoms with Crippen molar-refractivity contribution in [2.24, 2.45) is 0 Å². The molecule has 0 aliphatic heterocycles. The van der Waals surface area contributed by atoms with Crippen molar-refractivity contribution < 1.29 is 22.2 Å². The number of likely N-dealkylation sites (N-methyl/N-ethyl adjacent to an activating group) is 1. The molecule has 0 saturated heterocycles. The molecule has 2 aromatic carbocycles. The molecular weight excluding hydrogens is 398 g/mol. The first-order valence-electron chi connectivity index (χ1n) is 8.99. The third-order valence-corrected chi connectivity index (χ3v) is 6.59. The largest absolute Gasteiger partial charge is 0.748 e. The number of ether oxygens (including phenoxy) is 1. The summed E-state index contributed by atoms with van der Waals surface area (Å²) in [6.07, 6.45) is 0.329. The lowest BCUT2D eigenvalue weighted by Gasteiger charge is -2.29. The van der Waals surface area contributed by atoms with Crippen LogP contribution in [-0.4, -0.2) is 57.0 Å². The molecule has 0 N–H and O–H groups in total. The molecule has 0 amide bonds. The third kappa shape index (κ3) is 5.29. The Balaban J connectivity index is 1.66. The SMILES string of the molecule is C[N+](C)(CCCS(=O)(=O)[O-])CCOc1ccc2c(=O)c3ccccc3sc2c1. The van der Waals surface area contributed by atoms with Crippen molar-refractivity contribution >= 4 is 41.6 Å². The van der Waals surface area contributed by atoms with Gasteiger partial charge in [-0.1, -0.05) is 12.1 Å². The van der Waals surface area contributed by atoms with E-state index in [4.69, 9.17) is 4.74 Å². The molecule has 8 heteroatoms. The van der Waals surface area contributed by atoms with E-state index in [1.807, 2.05) is 44.4 Å². The maximum absolute atomic E-state index is 12.6. The molecule has 0 spiro atoms. The lowest BCUT2D eigenvalue weighted by atomic mass is 10.2. The molecule has 6 nitrogen and oxygen atoms in total. The number of nitrogens with zero attached hydrogens (tertiary/aromatic N) is 1. The van der Waals surface area contributed by atoms with Gasteiger partial charge in [0.1, 0.15) is 18.9 Å². The quantitative estimate of drug-likeness (QED) is 0.317. The van der Waals surface area contributed by atoms with Crippen LogP contribution >= 0.6 is 11.3 Å². The van der Waals surface area contributed by atoms with Gasteiger partial charge in [-0.15, -0.1) is 11.3 Å². The average Bonchev–Trinajstić information content (AvgIpc) is 2.60. The first-order chi connectivity index (χ1) is 13.1. The summed E-state index contributed by atoms with van der Waals surface area (Å²) >= 11 is 1.56. The molecule has 1 aromatic heterocycles. The standard InChI is InChI=1S/C20H23NO5S2/c1-21(2,10-5-13-28(23,24)25)11-12-26-15-8-9-17-19(14-15)27-18-7-4-3-6-16(18)20(17)22/h3-4,6-9,14H,5,10-13H2,1-2H3. The second-order valence-electron chi connectivity index (χ2n) is 7.43. The van der Waals surface area contributed by atoms with Crippen LogP contribution in [0.1, 0.15) is 6.42 Å². The Morgan fingerprint density at radius 3 is 2.50 bits per heavy atom. The Morgan fingerprint density at radius 1 is 1.04 bits per heavy atom. The van der Waals surface area contributed by atoms with Gasteiger partial charge in [-0.05, 0) is 30.3 Å². The molecule has 0 aliphatic carbocycles. The van der Waals surface area contributed by atoms with E-state index >= 15 is 0 Å². The monoisotopic (exact) mass is 421 g/mol. The summed E-state index contributed by atoms with van der Waals surface area (Å²) < 4.78 is 40.4. The highest BCUT2D eigenvalue weighted by molar-refractivity contribution is 7.85. The molecule has 1 heterocycles. The Morgan fingerprint density at radius 2 is 1.75 bits per heavy atom. The number of hydrogen-bond acceptors (Lipinski definition) is 6. The number of fused-ring (bicyclic) bond motifs is 2. The smallest absolute Gasteiger partial charge is 0.195 e.